The third-order valence-electron chi connectivity index (χ3n) is 3.70. The Bertz CT molecular complexity index is 443. The molecule has 6 heteroatoms. The van der Waals surface area contributed by atoms with Crippen molar-refractivity contribution < 1.29 is 10.2 Å². The lowest BCUT2D eigenvalue weighted by atomic mass is 10.0. The molecule has 2 unspecified atom stereocenters. The number of aliphatic hydroxyl groups excluding tert-OH is 2. The van der Waals surface area contributed by atoms with Gasteiger partial charge in [0.05, 0.1) is 17.9 Å². The van der Waals surface area contributed by atoms with Crippen LogP contribution in [-0.2, 0) is 19.4 Å². The summed E-state index contributed by atoms with van der Waals surface area (Å²) in [6, 6.07) is 0. The summed E-state index contributed by atoms with van der Waals surface area (Å²) in [4.78, 5) is 1.86. The number of hydrogen-bond acceptors (Lipinski definition) is 6. The third kappa shape index (κ3) is 2.56. The van der Waals surface area contributed by atoms with Crippen LogP contribution >= 0.6 is 0 Å². The van der Waals surface area contributed by atoms with E-state index in [9.17, 15) is 10.2 Å². The lowest BCUT2D eigenvalue weighted by molar-refractivity contribution is 0.0572. The summed E-state index contributed by atoms with van der Waals surface area (Å²) in [5.74, 6) is 0.701. The van der Waals surface area contributed by atoms with Crippen LogP contribution in [0.25, 0.3) is 0 Å². The van der Waals surface area contributed by atoms with Gasteiger partial charge in [0.1, 0.15) is 0 Å². The van der Waals surface area contributed by atoms with E-state index in [-0.39, 0.29) is 0 Å². The zero-order chi connectivity index (χ0) is 14.0. The monoisotopic (exact) mass is 266 g/mol. The van der Waals surface area contributed by atoms with Crippen LogP contribution in [0.3, 0.4) is 0 Å². The molecule has 1 aromatic heterocycles. The highest BCUT2D eigenvalue weighted by atomic mass is 16.3. The Morgan fingerprint density at radius 3 is 2.21 bits per heavy atom. The first kappa shape index (κ1) is 14.2. The van der Waals surface area contributed by atoms with Gasteiger partial charge in [-0.1, -0.05) is 13.8 Å². The van der Waals surface area contributed by atoms with Crippen molar-refractivity contribution in [2.75, 3.05) is 18.0 Å². The molecule has 0 saturated carbocycles. The van der Waals surface area contributed by atoms with E-state index in [1.54, 1.807) is 0 Å². The molecule has 106 valence electrons. The normalized spacial score (nSPS) is 23.1. The van der Waals surface area contributed by atoms with E-state index in [0.717, 1.165) is 29.7 Å². The van der Waals surface area contributed by atoms with Crippen LogP contribution in [0.4, 0.5) is 5.82 Å². The molecule has 0 aliphatic carbocycles. The van der Waals surface area contributed by atoms with Crippen molar-refractivity contribution in [3.63, 3.8) is 0 Å². The zero-order valence-electron chi connectivity index (χ0n) is 11.5. The first-order valence-corrected chi connectivity index (χ1v) is 6.80. The molecule has 2 rings (SSSR count). The topological polar surface area (TPSA) is 95.5 Å². The minimum absolute atomic E-state index is 0.372. The van der Waals surface area contributed by atoms with Crippen LogP contribution in [0.15, 0.2) is 0 Å². The fourth-order valence-electron chi connectivity index (χ4n) is 2.65. The molecule has 2 atom stereocenters. The van der Waals surface area contributed by atoms with Crippen molar-refractivity contribution in [2.45, 2.75) is 45.4 Å². The molecule has 0 bridgehead atoms. The maximum absolute atomic E-state index is 9.65. The molecule has 4 N–H and O–H groups in total. The average molecular weight is 266 g/mol. The van der Waals surface area contributed by atoms with Gasteiger partial charge >= 0.3 is 0 Å². The summed E-state index contributed by atoms with van der Waals surface area (Å²) in [5.41, 5.74) is 8.97. The van der Waals surface area contributed by atoms with Crippen molar-refractivity contribution in [3.05, 3.63) is 16.8 Å². The van der Waals surface area contributed by atoms with E-state index in [1.807, 2.05) is 11.8 Å². The first-order valence-electron chi connectivity index (χ1n) is 6.80. The van der Waals surface area contributed by atoms with Gasteiger partial charge in [0.25, 0.3) is 0 Å². The Hall–Kier alpha value is -1.24. The lowest BCUT2D eigenvalue weighted by Gasteiger charge is -2.22. The smallest absolute Gasteiger partial charge is 0.156 e. The van der Waals surface area contributed by atoms with Crippen molar-refractivity contribution in [2.24, 2.45) is 5.73 Å². The van der Waals surface area contributed by atoms with Gasteiger partial charge in [-0.15, -0.1) is 5.10 Å². The van der Waals surface area contributed by atoms with Crippen LogP contribution < -0.4 is 10.6 Å². The van der Waals surface area contributed by atoms with Gasteiger partial charge in [0, 0.05) is 25.2 Å². The fraction of sp³-hybridized carbons (Fsp3) is 0.692. The van der Waals surface area contributed by atoms with E-state index in [4.69, 9.17) is 5.73 Å². The number of nitrogens with zero attached hydrogens (tertiary/aromatic N) is 3. The van der Waals surface area contributed by atoms with Crippen LogP contribution in [0.1, 0.15) is 30.7 Å². The minimum Gasteiger partial charge on any atom is -0.389 e. The second-order valence-corrected chi connectivity index (χ2v) is 4.88. The standard InChI is InChI=1S/C13H22N4O2/c1-3-8-9(5-14)13(16-15-10(8)4-2)17-6-11(18)12(19)7-17/h11-12,18-19H,3-7,14H2,1-2H3. The summed E-state index contributed by atoms with van der Waals surface area (Å²) in [6.45, 7) is 5.26. The molecule has 2 heterocycles. The number of rotatable bonds is 4. The molecule has 1 saturated heterocycles. The van der Waals surface area contributed by atoms with Gasteiger partial charge in [-0.25, -0.2) is 0 Å². The molecule has 1 fully saturated rings. The molecular weight excluding hydrogens is 244 g/mol. The molecule has 0 aromatic carbocycles. The number of aliphatic hydroxyl groups is 2. The molecule has 0 spiro atoms. The van der Waals surface area contributed by atoms with Gasteiger partial charge in [0.15, 0.2) is 5.82 Å². The lowest BCUT2D eigenvalue weighted by Crippen LogP contribution is -2.26. The Kier molecular flexibility index (Phi) is 4.34. The van der Waals surface area contributed by atoms with Crippen molar-refractivity contribution in [1.29, 1.82) is 0 Å². The largest absolute Gasteiger partial charge is 0.389 e. The maximum atomic E-state index is 9.65. The van der Waals surface area contributed by atoms with Gasteiger partial charge in [-0.05, 0) is 18.4 Å². The molecule has 0 radical (unpaired) electrons. The summed E-state index contributed by atoms with van der Waals surface area (Å²) in [6.07, 6.45) is 0.220. The Morgan fingerprint density at radius 2 is 1.74 bits per heavy atom. The van der Waals surface area contributed by atoms with Crippen LogP contribution in [0.5, 0.6) is 0 Å². The summed E-state index contributed by atoms with van der Waals surface area (Å²) >= 11 is 0. The van der Waals surface area contributed by atoms with E-state index < -0.39 is 12.2 Å². The highest BCUT2D eigenvalue weighted by Gasteiger charge is 2.32. The van der Waals surface area contributed by atoms with Crippen molar-refractivity contribution in [3.8, 4) is 0 Å². The molecule has 1 aliphatic heterocycles. The predicted octanol–water partition coefficient (Wildman–Crippen LogP) is -0.398. The highest BCUT2D eigenvalue weighted by Crippen LogP contribution is 2.26. The number of aryl methyl sites for hydroxylation is 1. The average Bonchev–Trinajstić information content (AvgIpc) is 2.76. The van der Waals surface area contributed by atoms with E-state index in [0.29, 0.717) is 25.5 Å². The van der Waals surface area contributed by atoms with E-state index in [2.05, 4.69) is 17.1 Å². The van der Waals surface area contributed by atoms with Crippen LogP contribution in [0, 0.1) is 0 Å². The second kappa shape index (κ2) is 5.81. The Morgan fingerprint density at radius 1 is 1.11 bits per heavy atom. The molecule has 6 nitrogen and oxygen atoms in total. The Labute approximate surface area is 113 Å². The maximum Gasteiger partial charge on any atom is 0.156 e. The van der Waals surface area contributed by atoms with Crippen molar-refractivity contribution in [1.82, 2.24) is 10.2 Å². The fourth-order valence-corrected chi connectivity index (χ4v) is 2.65. The SMILES string of the molecule is CCc1nnc(N2CC(O)C(O)C2)c(CN)c1CC. The molecule has 0 amide bonds. The van der Waals surface area contributed by atoms with Gasteiger partial charge in [-0.2, -0.15) is 5.10 Å². The van der Waals surface area contributed by atoms with Crippen LogP contribution in [-0.4, -0.2) is 45.7 Å². The molecule has 1 aliphatic rings. The predicted molar refractivity (Wildman–Crippen MR) is 72.9 cm³/mol. The molecular formula is C13H22N4O2. The van der Waals surface area contributed by atoms with Gasteiger partial charge in [-0.3, -0.25) is 0 Å². The summed E-state index contributed by atoms with van der Waals surface area (Å²) in [5, 5.41) is 27.8. The number of nitrogens with two attached hydrogens (primary N) is 1. The third-order valence-corrected chi connectivity index (χ3v) is 3.70. The summed E-state index contributed by atoms with van der Waals surface area (Å²) in [7, 11) is 0. The Balaban J connectivity index is 2.41. The second-order valence-electron chi connectivity index (χ2n) is 4.88. The first-order chi connectivity index (χ1) is 9.12. The highest BCUT2D eigenvalue weighted by molar-refractivity contribution is 5.52. The van der Waals surface area contributed by atoms with Crippen LogP contribution in [0.2, 0.25) is 0 Å². The number of aromatic nitrogens is 2. The summed E-state index contributed by atoms with van der Waals surface area (Å²) < 4.78 is 0. The number of anilines is 1. The zero-order valence-corrected chi connectivity index (χ0v) is 11.5. The van der Waals surface area contributed by atoms with Crippen molar-refractivity contribution >= 4 is 5.82 Å². The van der Waals surface area contributed by atoms with E-state index >= 15 is 0 Å². The molecule has 1 aromatic rings. The van der Waals surface area contributed by atoms with Gasteiger partial charge < -0.3 is 20.8 Å². The minimum atomic E-state index is -0.733. The number of hydrogen-bond donors (Lipinski definition) is 3. The van der Waals surface area contributed by atoms with Gasteiger partial charge in [0.2, 0.25) is 0 Å². The molecule has 19 heavy (non-hydrogen) atoms. The van der Waals surface area contributed by atoms with E-state index in [1.165, 1.54) is 0 Å². The quantitative estimate of drug-likeness (QED) is 0.686. The number of β-amino-alcohol motifs (C(OH)–C–C–N with tert-alkyl or cyclic N) is 2.